The first-order valence-electron chi connectivity index (χ1n) is 16.4. The smallest absolute Gasteiger partial charge is 0.330 e. The van der Waals surface area contributed by atoms with E-state index in [4.69, 9.17) is 28.9 Å². The third-order valence-electron chi connectivity index (χ3n) is 8.73. The largest absolute Gasteiger partial charge is 0.497 e. The van der Waals surface area contributed by atoms with E-state index in [1.54, 1.807) is 26.4 Å². The molecule has 258 valence electrons. The van der Waals surface area contributed by atoms with Crippen molar-refractivity contribution in [3.05, 3.63) is 119 Å². The Morgan fingerprint density at radius 2 is 0.942 bits per heavy atom. The van der Waals surface area contributed by atoms with Gasteiger partial charge in [0.05, 0.1) is 51.2 Å². The molecule has 52 heavy (non-hydrogen) atoms. The first-order valence-corrected chi connectivity index (χ1v) is 16.4. The van der Waals surface area contributed by atoms with E-state index in [1.807, 2.05) is 97.1 Å². The van der Waals surface area contributed by atoms with Crippen molar-refractivity contribution in [1.82, 2.24) is 19.9 Å². The molecule has 0 fully saturated rings. The lowest BCUT2D eigenvalue weighted by Gasteiger charge is -2.07. The number of carbonyl (C=O) groups excluding carboxylic acids is 2. The molecule has 10 nitrogen and oxygen atoms in total. The number of hydrogen-bond acceptors (Lipinski definition) is 8. The van der Waals surface area contributed by atoms with Gasteiger partial charge in [-0.1, -0.05) is 24.3 Å². The highest BCUT2D eigenvalue weighted by Gasteiger charge is 2.17. The summed E-state index contributed by atoms with van der Waals surface area (Å²) in [6.07, 6.45) is 13.9. The molecule has 2 N–H and O–H groups in total. The standard InChI is InChI=1S/C42H34N4O6/c1-49-27-9-5-7-25(23-27)41-35-17-13-31(43-35)29(11-21-39(47)51-3)33-15-19-37(45-33)42(26-8-6-10-28(24-26)50-2)38-20-16-34(46-38)30(12-22-40(48)52-4)32-14-18-36(41)44-32/h5-24,43,46H,1-4H3/b21-11+,22-12+,31-29?,32-30?,33-29?,34-30?,41-35?,41-36?,42-37?,42-38?. The second kappa shape index (κ2) is 14.5. The minimum atomic E-state index is -0.494. The monoisotopic (exact) mass is 690 g/mol. The maximum absolute atomic E-state index is 12.3. The number of rotatable bonds is 8. The number of hydrogen-bond donors (Lipinski definition) is 2. The lowest BCUT2D eigenvalue weighted by atomic mass is 10.0. The molecular weight excluding hydrogens is 656 g/mol. The molecule has 3 aromatic heterocycles. The fraction of sp³-hybridized carbons (Fsp3) is 0.0952. The lowest BCUT2D eigenvalue weighted by molar-refractivity contribution is -0.135. The number of carbonyl (C=O) groups is 2. The van der Waals surface area contributed by atoms with Crippen LogP contribution >= 0.6 is 0 Å². The first kappa shape index (κ1) is 33.6. The van der Waals surface area contributed by atoms with Crippen molar-refractivity contribution in [3.8, 4) is 33.8 Å². The summed E-state index contributed by atoms with van der Waals surface area (Å²) < 4.78 is 21.0. The fourth-order valence-electron chi connectivity index (χ4n) is 6.20. The van der Waals surface area contributed by atoms with Crippen LogP contribution in [0.5, 0.6) is 11.5 Å². The van der Waals surface area contributed by atoms with Crippen molar-refractivity contribution in [3.63, 3.8) is 0 Å². The van der Waals surface area contributed by atoms with Gasteiger partial charge in [-0.15, -0.1) is 0 Å². The molecule has 0 amide bonds. The molecule has 5 heterocycles. The Labute approximate surface area is 299 Å². The summed E-state index contributed by atoms with van der Waals surface area (Å²) in [6, 6.07) is 23.3. The molecule has 2 aliphatic heterocycles. The summed E-state index contributed by atoms with van der Waals surface area (Å²) in [5.41, 5.74) is 10.3. The number of nitrogens with one attached hydrogen (secondary N) is 2. The Kier molecular flexibility index (Phi) is 9.36. The molecule has 8 bridgehead atoms. The van der Waals surface area contributed by atoms with Crippen LogP contribution in [0.25, 0.3) is 80.8 Å². The van der Waals surface area contributed by atoms with Gasteiger partial charge in [-0.2, -0.15) is 0 Å². The molecular formula is C42H34N4O6. The maximum atomic E-state index is 12.3. The van der Waals surface area contributed by atoms with Crippen LogP contribution in [0.4, 0.5) is 0 Å². The highest BCUT2D eigenvalue weighted by molar-refractivity contribution is 5.98. The van der Waals surface area contributed by atoms with Crippen LogP contribution in [0.3, 0.4) is 0 Å². The number of methoxy groups -OCH3 is 4. The number of aromatic amines is 2. The summed E-state index contributed by atoms with van der Waals surface area (Å²) in [6.45, 7) is 0. The molecule has 0 radical (unpaired) electrons. The molecule has 0 unspecified atom stereocenters. The topological polar surface area (TPSA) is 128 Å². The van der Waals surface area contributed by atoms with Crippen molar-refractivity contribution in [2.24, 2.45) is 0 Å². The van der Waals surface area contributed by atoms with E-state index in [2.05, 4.69) is 9.97 Å². The van der Waals surface area contributed by atoms with Gasteiger partial charge in [0.2, 0.25) is 0 Å². The van der Waals surface area contributed by atoms with E-state index in [0.717, 1.165) is 44.3 Å². The first-order chi connectivity index (χ1) is 25.4. The predicted molar refractivity (Wildman–Crippen MR) is 205 cm³/mol. The summed E-state index contributed by atoms with van der Waals surface area (Å²) in [5.74, 6) is 0.387. The highest BCUT2D eigenvalue weighted by atomic mass is 16.5. The molecule has 0 atom stereocenters. The van der Waals surface area contributed by atoms with Crippen molar-refractivity contribution in [2.45, 2.75) is 0 Å². The van der Waals surface area contributed by atoms with Gasteiger partial charge in [0.1, 0.15) is 11.5 Å². The molecule has 0 aliphatic carbocycles. The fourth-order valence-corrected chi connectivity index (χ4v) is 6.20. The average molecular weight is 691 g/mol. The number of benzene rings is 2. The van der Waals surface area contributed by atoms with Crippen LogP contribution in [-0.2, 0) is 19.1 Å². The van der Waals surface area contributed by atoms with Crippen LogP contribution < -0.4 is 9.47 Å². The van der Waals surface area contributed by atoms with Crippen LogP contribution in [-0.4, -0.2) is 60.3 Å². The van der Waals surface area contributed by atoms with E-state index in [0.29, 0.717) is 45.4 Å². The van der Waals surface area contributed by atoms with Gasteiger partial charge >= 0.3 is 11.9 Å². The highest BCUT2D eigenvalue weighted by Crippen LogP contribution is 2.36. The number of esters is 2. The van der Waals surface area contributed by atoms with E-state index in [9.17, 15) is 9.59 Å². The van der Waals surface area contributed by atoms with Gasteiger partial charge in [-0.3, -0.25) is 0 Å². The van der Waals surface area contributed by atoms with Gasteiger partial charge in [0, 0.05) is 56.5 Å². The van der Waals surface area contributed by atoms with Gasteiger partial charge in [-0.25, -0.2) is 19.6 Å². The molecule has 0 saturated heterocycles. The minimum Gasteiger partial charge on any atom is -0.497 e. The Hall–Kier alpha value is -6.94. The van der Waals surface area contributed by atoms with Crippen molar-refractivity contribution in [1.29, 1.82) is 0 Å². The van der Waals surface area contributed by atoms with E-state index < -0.39 is 11.9 Å². The zero-order valence-corrected chi connectivity index (χ0v) is 28.9. The van der Waals surface area contributed by atoms with E-state index >= 15 is 0 Å². The summed E-state index contributed by atoms with van der Waals surface area (Å²) in [5, 5.41) is 0. The zero-order chi connectivity index (χ0) is 36.2. The van der Waals surface area contributed by atoms with Gasteiger partial charge in [0.15, 0.2) is 0 Å². The minimum absolute atomic E-state index is 0.494. The van der Waals surface area contributed by atoms with Crippen LogP contribution in [0.2, 0.25) is 0 Å². The van der Waals surface area contributed by atoms with Gasteiger partial charge in [-0.05, 0) is 96.1 Å². The summed E-state index contributed by atoms with van der Waals surface area (Å²) in [4.78, 5) is 42.1. The van der Waals surface area contributed by atoms with Gasteiger partial charge < -0.3 is 28.9 Å². The van der Waals surface area contributed by atoms with Crippen LogP contribution in [0, 0.1) is 0 Å². The lowest BCUT2D eigenvalue weighted by Crippen LogP contribution is -1.94. The van der Waals surface area contributed by atoms with E-state index in [1.165, 1.54) is 26.4 Å². The quantitative estimate of drug-likeness (QED) is 0.120. The molecule has 0 spiro atoms. The number of fused-ring (bicyclic) bond motifs is 8. The third kappa shape index (κ3) is 6.65. The van der Waals surface area contributed by atoms with Gasteiger partial charge in [0.25, 0.3) is 0 Å². The normalized spacial score (nSPS) is 12.1. The van der Waals surface area contributed by atoms with Crippen molar-refractivity contribution in [2.75, 3.05) is 28.4 Å². The Balaban J connectivity index is 1.66. The van der Waals surface area contributed by atoms with E-state index in [-0.39, 0.29) is 0 Å². The number of ether oxygens (including phenoxy) is 4. The predicted octanol–water partition coefficient (Wildman–Crippen LogP) is 8.38. The molecule has 2 aromatic carbocycles. The Morgan fingerprint density at radius 3 is 1.35 bits per heavy atom. The second-order valence-corrected chi connectivity index (χ2v) is 11.8. The van der Waals surface area contributed by atoms with Crippen LogP contribution in [0.1, 0.15) is 33.9 Å². The Morgan fingerprint density at radius 1 is 0.538 bits per heavy atom. The molecule has 2 aliphatic rings. The van der Waals surface area contributed by atoms with Crippen molar-refractivity contribution >= 4 is 70.5 Å². The molecule has 10 heteroatoms. The number of nitrogens with zero attached hydrogens (tertiary/aromatic N) is 2. The zero-order valence-electron chi connectivity index (χ0n) is 28.9. The maximum Gasteiger partial charge on any atom is 0.330 e. The summed E-state index contributed by atoms with van der Waals surface area (Å²) >= 11 is 0. The summed E-state index contributed by atoms with van der Waals surface area (Å²) in [7, 11) is 5.93. The SMILES string of the molecule is COC(=O)/C=C/c1c2nc(c(-c3cccc(OC)c3)c3ccc([nH]3)c(/C=C/C(=O)OC)c3nc(c(-c4cccc(OC)c4)c4ccc1[nH]4)C=C3)C=C2. The van der Waals surface area contributed by atoms with Crippen LogP contribution in [0.15, 0.2) is 84.9 Å². The Bertz CT molecular complexity index is 2340. The second-order valence-electron chi connectivity index (χ2n) is 11.8. The number of H-pyrrole nitrogens is 2. The molecule has 0 saturated carbocycles. The third-order valence-corrected chi connectivity index (χ3v) is 8.73. The average Bonchev–Trinajstić information content (AvgIpc) is 4.02. The molecule has 5 aromatic rings. The number of aromatic nitrogens is 4. The van der Waals surface area contributed by atoms with Crippen molar-refractivity contribution < 1.29 is 28.5 Å². The molecule has 7 rings (SSSR count).